The van der Waals surface area contributed by atoms with Gasteiger partial charge in [-0.3, -0.25) is 4.79 Å². The number of carbonyl (C=O) groups is 1. The Labute approximate surface area is 167 Å². The van der Waals surface area contributed by atoms with E-state index in [-0.39, 0.29) is 17.3 Å². The second kappa shape index (κ2) is 7.56. The summed E-state index contributed by atoms with van der Waals surface area (Å²) in [6, 6.07) is 5.30. The third-order valence-electron chi connectivity index (χ3n) is 4.15. The first-order valence-electron chi connectivity index (χ1n) is 7.96. The van der Waals surface area contributed by atoms with Crippen molar-refractivity contribution in [1.29, 1.82) is 0 Å². The Morgan fingerprint density at radius 3 is 1.87 bits per heavy atom. The van der Waals surface area contributed by atoms with Crippen LogP contribution in [0.4, 0.5) is 37.7 Å². The molecule has 0 aromatic heterocycles. The molecule has 2 N–H and O–H groups in total. The van der Waals surface area contributed by atoms with Gasteiger partial charge < -0.3 is 5.32 Å². The van der Waals surface area contributed by atoms with Gasteiger partial charge in [0.05, 0.1) is 25.2 Å². The van der Waals surface area contributed by atoms with E-state index in [2.05, 4.69) is 0 Å². The van der Waals surface area contributed by atoms with E-state index in [4.69, 9.17) is 0 Å². The van der Waals surface area contributed by atoms with E-state index in [1.165, 1.54) is 18.2 Å². The SMILES string of the molecule is C[N+](C)(c1cccc(C(=O)Nc2cc(C(F)(F)F)cc(C(F)(F)F)c2)c1)S(=O)(=O)O. The van der Waals surface area contributed by atoms with E-state index in [1.807, 2.05) is 5.32 Å². The van der Waals surface area contributed by atoms with E-state index in [9.17, 15) is 44.1 Å². The maximum Gasteiger partial charge on any atom is 0.437 e. The van der Waals surface area contributed by atoms with Crippen molar-refractivity contribution < 1.29 is 44.1 Å². The predicted octanol–water partition coefficient (Wildman–Crippen LogP) is 4.35. The second-order valence-corrected chi connectivity index (χ2v) is 8.41. The first-order valence-corrected chi connectivity index (χ1v) is 9.35. The fraction of sp³-hybridized carbons (Fsp3) is 0.235. The first kappa shape index (κ1) is 23.6. The van der Waals surface area contributed by atoms with Gasteiger partial charge in [-0.25, -0.2) is 4.55 Å². The van der Waals surface area contributed by atoms with Crippen LogP contribution in [0.1, 0.15) is 21.5 Å². The zero-order valence-electron chi connectivity index (χ0n) is 15.3. The molecule has 30 heavy (non-hydrogen) atoms. The van der Waals surface area contributed by atoms with Gasteiger partial charge in [0.15, 0.2) is 0 Å². The molecule has 0 fully saturated rings. The lowest BCUT2D eigenvalue weighted by molar-refractivity contribution is -0.143. The average molecular weight is 457 g/mol. The van der Waals surface area contributed by atoms with Crippen LogP contribution >= 0.6 is 0 Å². The number of carbonyl (C=O) groups excluding carboxylic acids is 1. The van der Waals surface area contributed by atoms with E-state index in [0.29, 0.717) is 12.1 Å². The highest BCUT2D eigenvalue weighted by atomic mass is 32.2. The molecule has 2 rings (SSSR count). The summed E-state index contributed by atoms with van der Waals surface area (Å²) in [6.07, 6.45) is -10.2. The summed E-state index contributed by atoms with van der Waals surface area (Å²) in [7, 11) is -2.46. The number of nitrogens with zero attached hydrogens (tertiary/aromatic N) is 1. The minimum absolute atomic E-state index is 0.0785. The van der Waals surface area contributed by atoms with Crippen LogP contribution in [0.25, 0.3) is 0 Å². The minimum Gasteiger partial charge on any atom is -0.322 e. The highest BCUT2D eigenvalue weighted by Crippen LogP contribution is 2.37. The molecule has 13 heteroatoms. The van der Waals surface area contributed by atoms with Crippen LogP contribution < -0.4 is 9.21 Å². The number of alkyl halides is 6. The first-order chi connectivity index (χ1) is 13.4. The molecule has 2 aromatic rings. The number of hydrogen-bond donors (Lipinski definition) is 2. The smallest absolute Gasteiger partial charge is 0.322 e. The van der Waals surface area contributed by atoms with Crippen molar-refractivity contribution in [1.82, 2.24) is 3.89 Å². The van der Waals surface area contributed by atoms with Crippen molar-refractivity contribution in [3.63, 3.8) is 0 Å². The van der Waals surface area contributed by atoms with E-state index in [1.54, 1.807) is 0 Å². The minimum atomic E-state index is -5.09. The van der Waals surface area contributed by atoms with Gasteiger partial charge in [-0.2, -0.15) is 30.2 Å². The van der Waals surface area contributed by atoms with Crippen LogP contribution in [-0.2, 0) is 22.7 Å². The number of quaternary nitrogens is 1. The third kappa shape index (κ3) is 5.09. The largest absolute Gasteiger partial charge is 0.437 e. The Kier molecular flexibility index (Phi) is 5.96. The lowest BCUT2D eigenvalue weighted by atomic mass is 10.1. The van der Waals surface area contributed by atoms with Gasteiger partial charge in [-0.15, -0.1) is 8.42 Å². The number of anilines is 1. The van der Waals surface area contributed by atoms with E-state index >= 15 is 0 Å². The van der Waals surface area contributed by atoms with Crippen molar-refractivity contribution in [2.24, 2.45) is 0 Å². The number of hydrogen-bond acceptors (Lipinski definition) is 3. The highest BCUT2D eigenvalue weighted by molar-refractivity contribution is 7.85. The summed E-state index contributed by atoms with van der Waals surface area (Å²) >= 11 is 0. The van der Waals surface area contributed by atoms with Crippen molar-refractivity contribution >= 4 is 27.6 Å². The molecule has 0 saturated heterocycles. The Morgan fingerprint density at radius 1 is 0.933 bits per heavy atom. The lowest BCUT2D eigenvalue weighted by Gasteiger charge is -2.24. The van der Waals surface area contributed by atoms with Gasteiger partial charge in [0, 0.05) is 23.4 Å². The molecule has 6 nitrogen and oxygen atoms in total. The number of nitrogens with one attached hydrogen (secondary N) is 1. The van der Waals surface area contributed by atoms with E-state index < -0.39 is 49.3 Å². The van der Waals surface area contributed by atoms with Crippen LogP contribution in [0.5, 0.6) is 0 Å². The van der Waals surface area contributed by atoms with Crippen molar-refractivity contribution in [3.8, 4) is 0 Å². The normalized spacial score (nSPS) is 13.2. The quantitative estimate of drug-likeness (QED) is 0.406. The fourth-order valence-electron chi connectivity index (χ4n) is 2.35. The maximum atomic E-state index is 12.9. The van der Waals surface area contributed by atoms with Crippen LogP contribution in [0.2, 0.25) is 0 Å². The molecule has 0 spiro atoms. The Bertz CT molecular complexity index is 1050. The van der Waals surface area contributed by atoms with Crippen LogP contribution in [0.15, 0.2) is 42.5 Å². The topological polar surface area (TPSA) is 83.5 Å². The molecule has 164 valence electrons. The van der Waals surface area contributed by atoms with Crippen molar-refractivity contribution in [2.75, 3.05) is 19.4 Å². The average Bonchev–Trinajstić information content (AvgIpc) is 2.59. The maximum absolute atomic E-state index is 12.9. The molecular weight excluding hydrogens is 442 g/mol. The van der Waals surface area contributed by atoms with Gasteiger partial charge in [0.25, 0.3) is 5.91 Å². The molecule has 0 bridgehead atoms. The molecule has 0 aliphatic carbocycles. The predicted molar refractivity (Wildman–Crippen MR) is 96.0 cm³/mol. The molecule has 0 unspecified atom stereocenters. The Hall–Kier alpha value is -2.64. The number of rotatable bonds is 4. The number of halogens is 6. The fourth-order valence-corrected chi connectivity index (χ4v) is 2.73. The highest BCUT2D eigenvalue weighted by Gasteiger charge is 2.37. The number of amides is 1. The van der Waals surface area contributed by atoms with Gasteiger partial charge in [0.2, 0.25) is 0 Å². The lowest BCUT2D eigenvalue weighted by Crippen LogP contribution is -2.46. The summed E-state index contributed by atoms with van der Waals surface area (Å²) in [6.45, 7) is 0. The molecule has 0 atom stereocenters. The molecule has 1 amide bonds. The standard InChI is InChI=1S/C17H14F6N2O4S/c1-25(2,30(27,28)29)14-5-3-4-10(6-14)15(26)24-13-8-11(16(18,19)20)7-12(9-13)17(21,22)23/h3-9H,1-2H3,(H-,24,26,27,28,29)/p+1. The third-order valence-corrected chi connectivity index (χ3v) is 5.52. The molecule has 2 aromatic carbocycles. The molecular formula is C17H15F6N2O4S+. The summed E-state index contributed by atoms with van der Waals surface area (Å²) in [5.74, 6) is -1.08. The zero-order chi connectivity index (χ0) is 23.1. The molecule has 0 radical (unpaired) electrons. The van der Waals surface area contributed by atoms with Crippen LogP contribution in [0, 0.1) is 0 Å². The van der Waals surface area contributed by atoms with Crippen molar-refractivity contribution in [3.05, 3.63) is 59.2 Å². The summed E-state index contributed by atoms with van der Waals surface area (Å²) in [5, 5.41) is 1.94. The zero-order valence-corrected chi connectivity index (χ0v) is 16.2. The molecule has 0 aliphatic heterocycles. The van der Waals surface area contributed by atoms with Crippen LogP contribution in [0.3, 0.4) is 0 Å². The second-order valence-electron chi connectivity index (χ2n) is 6.60. The molecule has 0 aliphatic rings. The van der Waals surface area contributed by atoms with Gasteiger partial charge in [-0.1, -0.05) is 6.07 Å². The molecule has 0 saturated carbocycles. The Morgan fingerprint density at radius 2 is 1.43 bits per heavy atom. The summed E-state index contributed by atoms with van der Waals surface area (Å²) < 4.78 is 109. The molecule has 0 heterocycles. The number of benzene rings is 2. The Balaban J connectivity index is 2.45. The van der Waals surface area contributed by atoms with Gasteiger partial charge in [-0.05, 0) is 24.3 Å². The van der Waals surface area contributed by atoms with Crippen LogP contribution in [-0.4, -0.2) is 33.0 Å². The van der Waals surface area contributed by atoms with Gasteiger partial charge in [0.1, 0.15) is 5.69 Å². The summed E-state index contributed by atoms with van der Waals surface area (Å²) in [4.78, 5) is 12.4. The monoisotopic (exact) mass is 457 g/mol. The van der Waals surface area contributed by atoms with Crippen molar-refractivity contribution in [2.45, 2.75) is 12.4 Å². The summed E-state index contributed by atoms with van der Waals surface area (Å²) in [5.41, 5.74) is -4.30. The van der Waals surface area contributed by atoms with E-state index in [0.717, 1.165) is 20.2 Å². The van der Waals surface area contributed by atoms with Gasteiger partial charge >= 0.3 is 22.7 Å².